The molecule has 0 spiro atoms. The molecule has 0 aliphatic heterocycles. The highest BCUT2D eigenvalue weighted by molar-refractivity contribution is 7.91. The highest BCUT2D eigenvalue weighted by Crippen LogP contribution is 2.26. The Labute approximate surface area is 133 Å². The molecule has 0 radical (unpaired) electrons. The first kappa shape index (κ1) is 18.6. The summed E-state index contributed by atoms with van der Waals surface area (Å²) in [4.78, 5) is 1.07. The van der Waals surface area contributed by atoms with Gasteiger partial charge in [0.25, 0.3) is 0 Å². The van der Waals surface area contributed by atoms with Gasteiger partial charge in [0.15, 0.2) is 0 Å². The summed E-state index contributed by atoms with van der Waals surface area (Å²) in [5.41, 5.74) is 1.03. The molecular formula is C15H28N2O2S2. The zero-order chi connectivity index (χ0) is 16.2. The summed E-state index contributed by atoms with van der Waals surface area (Å²) >= 11 is 1.35. The Kier molecular flexibility index (Phi) is 6.84. The van der Waals surface area contributed by atoms with Crippen molar-refractivity contribution in [1.82, 2.24) is 10.0 Å². The summed E-state index contributed by atoms with van der Waals surface area (Å²) in [6.07, 6.45) is 0. The molecule has 0 aliphatic carbocycles. The second-order valence-electron chi connectivity index (χ2n) is 6.21. The van der Waals surface area contributed by atoms with Crippen LogP contribution in [0.3, 0.4) is 0 Å². The lowest BCUT2D eigenvalue weighted by Crippen LogP contribution is -2.33. The van der Waals surface area contributed by atoms with Gasteiger partial charge in [0.1, 0.15) is 4.21 Å². The van der Waals surface area contributed by atoms with Gasteiger partial charge in [0.2, 0.25) is 10.0 Å². The van der Waals surface area contributed by atoms with Crippen molar-refractivity contribution in [2.75, 3.05) is 13.6 Å². The van der Waals surface area contributed by atoms with E-state index in [4.69, 9.17) is 0 Å². The van der Waals surface area contributed by atoms with Crippen molar-refractivity contribution in [2.24, 2.45) is 17.8 Å². The number of thiophene rings is 1. The van der Waals surface area contributed by atoms with E-state index < -0.39 is 10.0 Å². The van der Waals surface area contributed by atoms with Gasteiger partial charge in [-0.25, -0.2) is 13.1 Å². The van der Waals surface area contributed by atoms with Crippen LogP contribution in [0.25, 0.3) is 0 Å². The number of aryl methyl sites for hydroxylation is 1. The lowest BCUT2D eigenvalue weighted by molar-refractivity contribution is 0.289. The summed E-state index contributed by atoms with van der Waals surface area (Å²) in [6, 6.07) is 1.76. The first-order valence-corrected chi connectivity index (χ1v) is 9.72. The molecule has 2 N–H and O–H groups in total. The van der Waals surface area contributed by atoms with Gasteiger partial charge in [-0.2, -0.15) is 0 Å². The molecule has 122 valence electrons. The number of sulfonamides is 1. The largest absolute Gasteiger partial charge is 0.315 e. The minimum Gasteiger partial charge on any atom is -0.315 e. The van der Waals surface area contributed by atoms with Gasteiger partial charge in [0, 0.05) is 18.0 Å². The fourth-order valence-electron chi connectivity index (χ4n) is 2.48. The molecular weight excluding hydrogens is 304 g/mol. The molecule has 0 atom stereocenters. The molecule has 0 bridgehead atoms. The first-order chi connectivity index (χ1) is 9.69. The van der Waals surface area contributed by atoms with Gasteiger partial charge in [-0.1, -0.05) is 27.7 Å². The summed E-state index contributed by atoms with van der Waals surface area (Å²) in [7, 11) is -1.54. The van der Waals surface area contributed by atoms with Gasteiger partial charge in [-0.3, -0.25) is 0 Å². The predicted octanol–water partition coefficient (Wildman–Crippen LogP) is 2.98. The summed E-state index contributed by atoms with van der Waals surface area (Å²) in [6.45, 7) is 11.7. The van der Waals surface area contributed by atoms with E-state index in [1.54, 1.807) is 6.07 Å². The molecule has 1 aromatic rings. The second kappa shape index (κ2) is 7.72. The average Bonchev–Trinajstić information content (AvgIpc) is 2.71. The highest BCUT2D eigenvalue weighted by atomic mass is 32.2. The average molecular weight is 333 g/mol. The molecule has 0 saturated heterocycles. The smallest absolute Gasteiger partial charge is 0.250 e. The van der Waals surface area contributed by atoms with Crippen molar-refractivity contribution in [3.8, 4) is 0 Å². The predicted molar refractivity (Wildman–Crippen MR) is 90.2 cm³/mol. The van der Waals surface area contributed by atoms with Crippen molar-refractivity contribution < 1.29 is 8.42 Å². The van der Waals surface area contributed by atoms with Crippen molar-refractivity contribution in [3.05, 3.63) is 16.5 Å². The van der Waals surface area contributed by atoms with Crippen LogP contribution >= 0.6 is 11.3 Å². The monoisotopic (exact) mass is 332 g/mol. The van der Waals surface area contributed by atoms with Gasteiger partial charge in [0.05, 0.1) is 0 Å². The molecule has 21 heavy (non-hydrogen) atoms. The van der Waals surface area contributed by atoms with E-state index in [1.807, 2.05) is 14.0 Å². The molecule has 4 nitrogen and oxygen atoms in total. The topological polar surface area (TPSA) is 58.2 Å². The van der Waals surface area contributed by atoms with Gasteiger partial charge < -0.3 is 5.32 Å². The molecule has 1 heterocycles. The maximum atomic E-state index is 12.4. The third-order valence-corrected chi connectivity index (χ3v) is 6.96. The third-order valence-electron chi connectivity index (χ3n) is 3.82. The van der Waals surface area contributed by atoms with Crippen LogP contribution in [0.2, 0.25) is 0 Å². The van der Waals surface area contributed by atoms with E-state index in [-0.39, 0.29) is 0 Å². The zero-order valence-electron chi connectivity index (χ0n) is 13.9. The van der Waals surface area contributed by atoms with Crippen molar-refractivity contribution >= 4 is 21.4 Å². The normalized spacial score (nSPS) is 12.8. The molecule has 1 aromatic heterocycles. The van der Waals surface area contributed by atoms with E-state index in [0.29, 0.717) is 35.1 Å². The molecule has 0 saturated carbocycles. The van der Waals surface area contributed by atoms with Crippen molar-refractivity contribution in [2.45, 2.75) is 45.4 Å². The Balaban J connectivity index is 2.84. The van der Waals surface area contributed by atoms with Crippen LogP contribution < -0.4 is 10.0 Å². The highest BCUT2D eigenvalue weighted by Gasteiger charge is 2.23. The van der Waals surface area contributed by atoms with Gasteiger partial charge in [-0.05, 0) is 43.4 Å². The van der Waals surface area contributed by atoms with E-state index in [0.717, 1.165) is 10.4 Å². The SMILES string of the molecule is CNCc1sc(S(=O)(=O)NCC(C(C)C)C(C)C)cc1C. The van der Waals surface area contributed by atoms with Crippen LogP contribution in [0.1, 0.15) is 38.1 Å². The minimum atomic E-state index is -3.40. The van der Waals surface area contributed by atoms with E-state index in [9.17, 15) is 8.42 Å². The molecule has 0 aromatic carbocycles. The van der Waals surface area contributed by atoms with Crippen molar-refractivity contribution in [3.63, 3.8) is 0 Å². The Morgan fingerprint density at radius 3 is 2.24 bits per heavy atom. The van der Waals surface area contributed by atoms with Crippen LogP contribution in [0.5, 0.6) is 0 Å². The van der Waals surface area contributed by atoms with Gasteiger partial charge >= 0.3 is 0 Å². The Morgan fingerprint density at radius 2 is 1.76 bits per heavy atom. The number of rotatable bonds is 8. The fraction of sp³-hybridized carbons (Fsp3) is 0.733. The maximum Gasteiger partial charge on any atom is 0.250 e. The van der Waals surface area contributed by atoms with Crippen LogP contribution in [0, 0.1) is 24.7 Å². The Bertz CT molecular complexity index is 540. The van der Waals surface area contributed by atoms with Crippen LogP contribution in [0.4, 0.5) is 0 Å². The minimum absolute atomic E-state index is 0.345. The number of hydrogen-bond donors (Lipinski definition) is 2. The summed E-state index contributed by atoms with van der Waals surface area (Å²) < 4.78 is 28.1. The van der Waals surface area contributed by atoms with Gasteiger partial charge in [-0.15, -0.1) is 11.3 Å². The van der Waals surface area contributed by atoms with Crippen molar-refractivity contribution in [1.29, 1.82) is 0 Å². The molecule has 0 amide bonds. The molecule has 0 fully saturated rings. The van der Waals surface area contributed by atoms with Crippen LogP contribution in [0.15, 0.2) is 10.3 Å². The Morgan fingerprint density at radius 1 is 1.19 bits per heavy atom. The van der Waals surface area contributed by atoms with E-state index >= 15 is 0 Å². The molecule has 0 unspecified atom stereocenters. The maximum absolute atomic E-state index is 12.4. The Hall–Kier alpha value is -0.430. The van der Waals surface area contributed by atoms with E-state index in [1.165, 1.54) is 11.3 Å². The molecule has 6 heteroatoms. The standard InChI is InChI=1S/C15H28N2O2S2/c1-10(2)13(11(3)4)8-17-21(18,19)15-7-12(5)14(20-15)9-16-6/h7,10-11,13,16-17H,8-9H2,1-6H3. The van der Waals surface area contributed by atoms with Crippen LogP contribution in [-0.4, -0.2) is 22.0 Å². The number of nitrogens with one attached hydrogen (secondary N) is 2. The summed E-state index contributed by atoms with van der Waals surface area (Å²) in [5.74, 6) is 1.26. The fourth-order valence-corrected chi connectivity index (χ4v) is 5.19. The first-order valence-electron chi connectivity index (χ1n) is 7.42. The summed E-state index contributed by atoms with van der Waals surface area (Å²) in [5, 5.41) is 3.06. The quantitative estimate of drug-likeness (QED) is 0.769. The van der Waals surface area contributed by atoms with E-state index in [2.05, 4.69) is 37.7 Å². The van der Waals surface area contributed by atoms with Crippen LogP contribution in [-0.2, 0) is 16.6 Å². The molecule has 0 aliphatic rings. The lowest BCUT2D eigenvalue weighted by atomic mass is 9.86. The number of hydrogen-bond acceptors (Lipinski definition) is 4. The zero-order valence-corrected chi connectivity index (χ0v) is 15.5. The third kappa shape index (κ3) is 5.06. The molecule has 1 rings (SSSR count). The lowest BCUT2D eigenvalue weighted by Gasteiger charge is -2.24. The second-order valence-corrected chi connectivity index (χ2v) is 9.34.